The van der Waals surface area contributed by atoms with Gasteiger partial charge < -0.3 is 15.5 Å². The maximum atomic E-state index is 13.9. The minimum atomic E-state index is -1.15. The molecule has 1 aromatic rings. The van der Waals surface area contributed by atoms with Crippen LogP contribution in [0.2, 0.25) is 0 Å². The van der Waals surface area contributed by atoms with Crippen molar-refractivity contribution in [2.45, 2.75) is 11.8 Å². The van der Waals surface area contributed by atoms with E-state index in [2.05, 4.69) is 21.2 Å². The van der Waals surface area contributed by atoms with Gasteiger partial charge in [-0.15, -0.1) is 0 Å². The Kier molecular flexibility index (Phi) is 3.59. The SMILES string of the molecule is O=C(O)NC[C@@]1(c2cc(Br)ccc2F)C[C@H]1CO. The van der Waals surface area contributed by atoms with E-state index in [0.29, 0.717) is 12.0 Å². The molecule has 1 aliphatic rings. The minimum absolute atomic E-state index is 0.0761. The number of benzene rings is 1. The van der Waals surface area contributed by atoms with Gasteiger partial charge in [0.05, 0.1) is 0 Å². The fourth-order valence-electron chi connectivity index (χ4n) is 2.37. The van der Waals surface area contributed by atoms with Crippen LogP contribution in [0, 0.1) is 11.7 Å². The second-order valence-corrected chi connectivity index (χ2v) is 5.44. The molecule has 1 fully saturated rings. The number of nitrogens with one attached hydrogen (secondary N) is 1. The maximum Gasteiger partial charge on any atom is 0.404 e. The van der Waals surface area contributed by atoms with E-state index >= 15 is 0 Å². The van der Waals surface area contributed by atoms with Crippen LogP contribution in [0.3, 0.4) is 0 Å². The summed E-state index contributed by atoms with van der Waals surface area (Å²) < 4.78 is 14.6. The molecule has 0 spiro atoms. The summed E-state index contributed by atoms with van der Waals surface area (Å²) in [6.45, 7) is 0.0359. The molecular formula is C12H13BrFNO3. The average molecular weight is 318 g/mol. The van der Waals surface area contributed by atoms with Gasteiger partial charge in [-0.3, -0.25) is 0 Å². The van der Waals surface area contributed by atoms with Gasteiger partial charge in [0.25, 0.3) is 0 Å². The summed E-state index contributed by atoms with van der Waals surface area (Å²) in [4.78, 5) is 10.6. The predicted octanol–water partition coefficient (Wildman–Crippen LogP) is 2.11. The molecule has 0 heterocycles. The molecular weight excluding hydrogens is 305 g/mol. The van der Waals surface area contributed by atoms with E-state index in [1.807, 2.05) is 0 Å². The van der Waals surface area contributed by atoms with Gasteiger partial charge in [-0.25, -0.2) is 9.18 Å². The molecule has 1 aromatic carbocycles. The fourth-order valence-corrected chi connectivity index (χ4v) is 2.74. The van der Waals surface area contributed by atoms with Crippen LogP contribution in [0.5, 0.6) is 0 Å². The Morgan fingerprint density at radius 1 is 1.61 bits per heavy atom. The van der Waals surface area contributed by atoms with Crippen LogP contribution in [0.25, 0.3) is 0 Å². The van der Waals surface area contributed by atoms with Gasteiger partial charge in [0.15, 0.2) is 0 Å². The first-order valence-corrected chi connectivity index (χ1v) is 6.32. The number of hydrogen-bond donors (Lipinski definition) is 3. The fraction of sp³-hybridized carbons (Fsp3) is 0.417. The van der Waals surface area contributed by atoms with Crippen molar-refractivity contribution in [3.63, 3.8) is 0 Å². The highest BCUT2D eigenvalue weighted by Gasteiger charge is 2.56. The van der Waals surface area contributed by atoms with E-state index in [0.717, 1.165) is 4.47 Å². The normalized spacial score (nSPS) is 25.8. The largest absolute Gasteiger partial charge is 0.465 e. The number of halogens is 2. The Bertz CT molecular complexity index is 482. The lowest BCUT2D eigenvalue weighted by Crippen LogP contribution is -2.33. The lowest BCUT2D eigenvalue weighted by molar-refractivity contribution is 0.191. The van der Waals surface area contributed by atoms with Crippen molar-refractivity contribution < 1.29 is 19.4 Å². The van der Waals surface area contributed by atoms with Crippen LogP contribution in [0.4, 0.5) is 9.18 Å². The van der Waals surface area contributed by atoms with E-state index < -0.39 is 11.5 Å². The molecule has 0 unspecified atom stereocenters. The lowest BCUT2D eigenvalue weighted by Gasteiger charge is -2.18. The summed E-state index contributed by atoms with van der Waals surface area (Å²) in [5, 5.41) is 20.2. The molecule has 6 heteroatoms. The summed E-state index contributed by atoms with van der Waals surface area (Å²) in [5.41, 5.74) is -0.175. The van der Waals surface area contributed by atoms with Crippen LogP contribution in [-0.2, 0) is 5.41 Å². The van der Waals surface area contributed by atoms with Crippen LogP contribution >= 0.6 is 15.9 Å². The number of carboxylic acid groups (broad SMARTS) is 1. The second-order valence-electron chi connectivity index (χ2n) is 4.52. The zero-order valence-corrected chi connectivity index (χ0v) is 11.1. The van der Waals surface area contributed by atoms with Crippen LogP contribution in [-0.4, -0.2) is 29.5 Å². The third-order valence-electron chi connectivity index (χ3n) is 3.47. The van der Waals surface area contributed by atoms with Gasteiger partial charge in [-0.1, -0.05) is 15.9 Å². The number of carbonyl (C=O) groups is 1. The molecule has 1 aliphatic carbocycles. The van der Waals surface area contributed by atoms with Crippen molar-refractivity contribution >= 4 is 22.0 Å². The topological polar surface area (TPSA) is 69.6 Å². The van der Waals surface area contributed by atoms with Crippen molar-refractivity contribution in [1.29, 1.82) is 0 Å². The summed E-state index contributed by atoms with van der Waals surface area (Å²) in [7, 11) is 0. The first-order chi connectivity index (χ1) is 8.49. The standard InChI is InChI=1S/C12H13BrFNO3/c13-8-1-2-10(14)9(3-8)12(4-7(12)5-16)6-15-11(17)18/h1-3,7,15-16H,4-6H2,(H,17,18)/t7-,12-/m0/s1. The zero-order chi connectivity index (χ0) is 13.3. The number of rotatable bonds is 4. The quantitative estimate of drug-likeness (QED) is 0.796. The van der Waals surface area contributed by atoms with E-state index in [1.54, 1.807) is 12.1 Å². The monoisotopic (exact) mass is 317 g/mol. The van der Waals surface area contributed by atoms with Crippen molar-refractivity contribution in [3.05, 3.63) is 34.1 Å². The van der Waals surface area contributed by atoms with Gasteiger partial charge in [-0.05, 0) is 36.1 Å². The van der Waals surface area contributed by atoms with Gasteiger partial charge in [0.2, 0.25) is 0 Å². The molecule has 2 atom stereocenters. The highest BCUT2D eigenvalue weighted by atomic mass is 79.9. The van der Waals surface area contributed by atoms with Gasteiger partial charge in [0.1, 0.15) is 5.82 Å². The molecule has 1 amide bonds. The highest BCUT2D eigenvalue weighted by Crippen LogP contribution is 2.54. The molecule has 3 N–H and O–H groups in total. The summed E-state index contributed by atoms with van der Waals surface area (Å²) in [6, 6.07) is 4.58. The number of amides is 1. The third kappa shape index (κ3) is 2.35. The molecule has 2 rings (SSSR count). The third-order valence-corrected chi connectivity index (χ3v) is 3.97. The van der Waals surface area contributed by atoms with Crippen molar-refractivity contribution in [3.8, 4) is 0 Å². The molecule has 0 saturated heterocycles. The molecule has 0 aromatic heterocycles. The smallest absolute Gasteiger partial charge is 0.404 e. The number of aliphatic hydroxyl groups excluding tert-OH is 1. The first-order valence-electron chi connectivity index (χ1n) is 5.53. The minimum Gasteiger partial charge on any atom is -0.465 e. The van der Waals surface area contributed by atoms with E-state index in [-0.39, 0.29) is 24.9 Å². The van der Waals surface area contributed by atoms with Crippen molar-refractivity contribution in [1.82, 2.24) is 5.32 Å². The Balaban J connectivity index is 2.30. The van der Waals surface area contributed by atoms with Gasteiger partial charge in [0, 0.05) is 23.0 Å². The van der Waals surface area contributed by atoms with Crippen molar-refractivity contribution in [2.75, 3.05) is 13.2 Å². The molecule has 0 aliphatic heterocycles. The number of aliphatic hydroxyl groups is 1. The molecule has 0 bridgehead atoms. The lowest BCUT2D eigenvalue weighted by atomic mass is 9.92. The Morgan fingerprint density at radius 3 is 2.89 bits per heavy atom. The maximum absolute atomic E-state index is 13.9. The van der Waals surface area contributed by atoms with E-state index in [4.69, 9.17) is 5.11 Å². The van der Waals surface area contributed by atoms with Crippen LogP contribution < -0.4 is 5.32 Å². The van der Waals surface area contributed by atoms with Crippen LogP contribution in [0.1, 0.15) is 12.0 Å². The summed E-state index contributed by atoms with van der Waals surface area (Å²) >= 11 is 3.27. The zero-order valence-electron chi connectivity index (χ0n) is 9.49. The second kappa shape index (κ2) is 4.85. The molecule has 18 heavy (non-hydrogen) atoms. The summed E-state index contributed by atoms with van der Waals surface area (Å²) in [6.07, 6.45) is -0.565. The number of hydrogen-bond acceptors (Lipinski definition) is 2. The van der Waals surface area contributed by atoms with E-state index in [9.17, 15) is 14.3 Å². The summed E-state index contributed by atoms with van der Waals surface area (Å²) in [5.74, 6) is -0.477. The predicted molar refractivity (Wildman–Crippen MR) is 67.0 cm³/mol. The molecule has 0 radical (unpaired) electrons. The highest BCUT2D eigenvalue weighted by molar-refractivity contribution is 9.10. The Labute approximate surface area is 112 Å². The van der Waals surface area contributed by atoms with E-state index in [1.165, 1.54) is 6.07 Å². The average Bonchev–Trinajstić information content (AvgIpc) is 3.05. The van der Waals surface area contributed by atoms with Gasteiger partial charge in [-0.2, -0.15) is 0 Å². The molecule has 4 nitrogen and oxygen atoms in total. The first kappa shape index (κ1) is 13.3. The molecule has 98 valence electrons. The molecule has 1 saturated carbocycles. The van der Waals surface area contributed by atoms with Crippen molar-refractivity contribution in [2.24, 2.45) is 5.92 Å². The Hall–Kier alpha value is -1.14. The van der Waals surface area contributed by atoms with Crippen LogP contribution in [0.15, 0.2) is 22.7 Å². The Morgan fingerprint density at radius 2 is 2.33 bits per heavy atom. The van der Waals surface area contributed by atoms with Gasteiger partial charge >= 0.3 is 6.09 Å².